The van der Waals surface area contributed by atoms with Gasteiger partial charge in [0.1, 0.15) is 0 Å². The molecule has 114 valence electrons. The Morgan fingerprint density at radius 2 is 1.75 bits per heavy atom. The Morgan fingerprint density at radius 1 is 1.25 bits per heavy atom. The molecule has 0 amide bonds. The first kappa shape index (κ1) is 17.3. The Kier molecular flexibility index (Phi) is 5.51. The molecule has 8 heteroatoms. The average Bonchev–Trinajstić information content (AvgIpc) is 2.35. The summed E-state index contributed by atoms with van der Waals surface area (Å²) in [5.41, 5.74) is -4.38. The summed E-state index contributed by atoms with van der Waals surface area (Å²) < 4.78 is 62.2. The smallest absolute Gasteiger partial charge is 0.207 e. The summed E-state index contributed by atoms with van der Waals surface area (Å²) in [5, 5.41) is 0. The highest BCUT2D eigenvalue weighted by Crippen LogP contribution is 2.37. The van der Waals surface area contributed by atoms with Crippen LogP contribution in [-0.4, -0.2) is 31.3 Å². The predicted octanol–water partition coefficient (Wildman–Crippen LogP) is 3.72. The van der Waals surface area contributed by atoms with E-state index in [0.29, 0.717) is 6.42 Å². The van der Waals surface area contributed by atoms with Crippen LogP contribution in [0.5, 0.6) is 0 Å². The molecule has 0 saturated carbocycles. The summed E-state index contributed by atoms with van der Waals surface area (Å²) in [5.74, 6) is 0. The fourth-order valence-corrected chi connectivity index (χ4v) is 3.45. The number of hydrogen-bond acceptors (Lipinski definition) is 3. The quantitative estimate of drug-likeness (QED) is 0.774. The summed E-state index contributed by atoms with van der Waals surface area (Å²) >= 11 is -0.269. The van der Waals surface area contributed by atoms with Gasteiger partial charge >= 0.3 is 5.51 Å². The molecule has 0 radical (unpaired) electrons. The second-order valence-electron chi connectivity index (χ2n) is 4.30. The van der Waals surface area contributed by atoms with Gasteiger partial charge in [-0.15, -0.1) is 0 Å². The Hall–Kier alpha value is -0.730. The predicted molar refractivity (Wildman–Crippen MR) is 73.1 cm³/mol. The lowest BCUT2D eigenvalue weighted by molar-refractivity contribution is -0.0328. The number of alkyl halides is 3. The molecule has 20 heavy (non-hydrogen) atoms. The molecule has 0 aliphatic heterocycles. The first-order chi connectivity index (χ1) is 9.08. The highest BCUT2D eigenvalue weighted by Gasteiger charge is 2.30. The van der Waals surface area contributed by atoms with Crippen LogP contribution in [0, 0.1) is 0 Å². The Bertz CT molecular complexity index is 541. The van der Waals surface area contributed by atoms with E-state index in [2.05, 4.69) is 0 Å². The first-order valence-electron chi connectivity index (χ1n) is 5.91. The van der Waals surface area contributed by atoms with E-state index in [1.54, 1.807) is 6.92 Å². The molecule has 1 aromatic rings. The molecule has 0 aliphatic carbocycles. The molecule has 1 unspecified atom stereocenters. The van der Waals surface area contributed by atoms with Gasteiger partial charge < -0.3 is 0 Å². The summed E-state index contributed by atoms with van der Waals surface area (Å²) in [6.07, 6.45) is 0.651. The van der Waals surface area contributed by atoms with Crippen molar-refractivity contribution in [3.8, 4) is 0 Å². The van der Waals surface area contributed by atoms with E-state index >= 15 is 0 Å². The third kappa shape index (κ3) is 4.39. The van der Waals surface area contributed by atoms with E-state index in [4.69, 9.17) is 0 Å². The maximum atomic E-state index is 12.2. The van der Waals surface area contributed by atoms with E-state index in [0.717, 1.165) is 12.1 Å². The summed E-state index contributed by atoms with van der Waals surface area (Å²) in [4.78, 5) is -0.0468. The highest BCUT2D eigenvalue weighted by molar-refractivity contribution is 8.00. The van der Waals surface area contributed by atoms with Crippen LogP contribution in [0.2, 0.25) is 0 Å². The highest BCUT2D eigenvalue weighted by atomic mass is 32.2. The number of rotatable bonds is 5. The minimum absolute atomic E-state index is 0.00757. The zero-order valence-electron chi connectivity index (χ0n) is 11.3. The van der Waals surface area contributed by atoms with Crippen LogP contribution in [0.15, 0.2) is 34.1 Å². The van der Waals surface area contributed by atoms with Gasteiger partial charge in [0.05, 0.1) is 4.90 Å². The second-order valence-corrected chi connectivity index (χ2v) is 7.43. The van der Waals surface area contributed by atoms with Crippen molar-refractivity contribution in [1.29, 1.82) is 0 Å². The van der Waals surface area contributed by atoms with E-state index in [-0.39, 0.29) is 27.6 Å². The molecule has 0 aromatic heterocycles. The van der Waals surface area contributed by atoms with Gasteiger partial charge in [-0.05, 0) is 49.4 Å². The fraction of sp³-hybridized carbons (Fsp3) is 0.500. The molecule has 1 rings (SSSR count). The fourth-order valence-electron chi connectivity index (χ4n) is 1.47. The third-order valence-corrected chi connectivity index (χ3v) is 5.67. The molecule has 1 atom stereocenters. The Labute approximate surface area is 121 Å². The van der Waals surface area contributed by atoms with Gasteiger partial charge in [-0.3, -0.25) is 0 Å². The molecule has 0 heterocycles. The van der Waals surface area contributed by atoms with Crippen LogP contribution in [0.25, 0.3) is 0 Å². The maximum Gasteiger partial charge on any atom is 0.446 e. The normalized spacial score (nSPS) is 14.6. The average molecular weight is 327 g/mol. The zero-order valence-corrected chi connectivity index (χ0v) is 12.9. The van der Waals surface area contributed by atoms with Crippen LogP contribution in [0.3, 0.4) is 0 Å². The van der Waals surface area contributed by atoms with Gasteiger partial charge in [-0.25, -0.2) is 8.42 Å². The van der Waals surface area contributed by atoms with Gasteiger partial charge in [0, 0.05) is 18.0 Å². The van der Waals surface area contributed by atoms with Crippen molar-refractivity contribution in [3.63, 3.8) is 0 Å². The van der Waals surface area contributed by atoms with Crippen molar-refractivity contribution in [3.05, 3.63) is 24.3 Å². The monoisotopic (exact) mass is 327 g/mol. The van der Waals surface area contributed by atoms with Crippen LogP contribution < -0.4 is 0 Å². The van der Waals surface area contributed by atoms with Crippen LogP contribution in [-0.2, 0) is 10.0 Å². The van der Waals surface area contributed by atoms with Gasteiger partial charge in [-0.1, -0.05) is 6.92 Å². The number of sulfonamides is 1. The topological polar surface area (TPSA) is 37.4 Å². The van der Waals surface area contributed by atoms with Gasteiger partial charge in [0.15, 0.2) is 0 Å². The van der Waals surface area contributed by atoms with Gasteiger partial charge in [0.2, 0.25) is 10.0 Å². The lowest BCUT2D eigenvalue weighted by Gasteiger charge is -2.23. The summed E-state index contributed by atoms with van der Waals surface area (Å²) in [6, 6.07) is 4.54. The maximum absolute atomic E-state index is 12.2. The molecule has 1 aromatic carbocycles. The minimum Gasteiger partial charge on any atom is -0.207 e. The lowest BCUT2D eigenvalue weighted by Crippen LogP contribution is -2.34. The lowest BCUT2D eigenvalue weighted by atomic mass is 10.3. The van der Waals surface area contributed by atoms with Gasteiger partial charge in [0.25, 0.3) is 0 Å². The van der Waals surface area contributed by atoms with E-state index in [9.17, 15) is 21.6 Å². The molecule has 0 aliphatic rings. The molecule has 0 fully saturated rings. The minimum atomic E-state index is -4.38. The van der Waals surface area contributed by atoms with Crippen molar-refractivity contribution >= 4 is 21.8 Å². The number of thioether (sulfide) groups is 1. The van der Waals surface area contributed by atoms with E-state index in [1.807, 2.05) is 6.92 Å². The SMILES string of the molecule is CCC(C)N(C)S(=O)(=O)c1ccc(SC(F)(F)F)cc1. The van der Waals surface area contributed by atoms with Crippen LogP contribution >= 0.6 is 11.8 Å². The van der Waals surface area contributed by atoms with Crippen LogP contribution in [0.4, 0.5) is 13.2 Å². The summed E-state index contributed by atoms with van der Waals surface area (Å²) in [6.45, 7) is 3.63. The number of halogens is 3. The Balaban J connectivity index is 2.98. The van der Waals surface area contributed by atoms with Crippen LogP contribution in [0.1, 0.15) is 20.3 Å². The zero-order chi connectivity index (χ0) is 15.6. The van der Waals surface area contributed by atoms with Crippen molar-refractivity contribution in [1.82, 2.24) is 4.31 Å². The van der Waals surface area contributed by atoms with E-state index < -0.39 is 15.5 Å². The van der Waals surface area contributed by atoms with E-state index in [1.165, 1.54) is 23.5 Å². The number of benzene rings is 1. The third-order valence-electron chi connectivity index (χ3n) is 2.95. The standard InChI is InChI=1S/C12H16F3NO2S2/c1-4-9(2)16(3)20(17,18)11-7-5-10(6-8-11)19-12(13,14)15/h5-9H,4H2,1-3H3. The summed E-state index contributed by atoms with van der Waals surface area (Å²) in [7, 11) is -2.21. The largest absolute Gasteiger partial charge is 0.446 e. The number of hydrogen-bond donors (Lipinski definition) is 0. The molecular formula is C12H16F3NO2S2. The number of nitrogens with zero attached hydrogens (tertiary/aromatic N) is 1. The van der Waals surface area contributed by atoms with Crippen molar-refractivity contribution in [2.45, 2.75) is 41.6 Å². The molecular weight excluding hydrogens is 311 g/mol. The molecule has 0 bridgehead atoms. The Morgan fingerprint density at radius 3 is 2.15 bits per heavy atom. The van der Waals surface area contributed by atoms with Gasteiger partial charge in [-0.2, -0.15) is 17.5 Å². The van der Waals surface area contributed by atoms with Crippen molar-refractivity contribution in [2.24, 2.45) is 0 Å². The molecule has 3 nitrogen and oxygen atoms in total. The van der Waals surface area contributed by atoms with Crippen molar-refractivity contribution < 1.29 is 21.6 Å². The molecule has 0 N–H and O–H groups in total. The van der Waals surface area contributed by atoms with Crippen molar-refractivity contribution in [2.75, 3.05) is 7.05 Å². The second kappa shape index (κ2) is 6.36. The molecule has 0 saturated heterocycles. The molecule has 0 spiro atoms. The first-order valence-corrected chi connectivity index (χ1v) is 8.17.